The highest BCUT2D eigenvalue weighted by atomic mass is 35.5. The fourth-order valence-electron chi connectivity index (χ4n) is 2.86. The van der Waals surface area contributed by atoms with E-state index in [0.29, 0.717) is 16.4 Å². The molecule has 0 fully saturated rings. The number of alkyl halides is 3. The number of anilines is 2. The Morgan fingerprint density at radius 2 is 1.93 bits per heavy atom. The van der Waals surface area contributed by atoms with Gasteiger partial charge in [0.05, 0.1) is 34.9 Å². The van der Waals surface area contributed by atoms with Crippen molar-refractivity contribution in [2.24, 2.45) is 0 Å². The zero-order valence-corrected chi connectivity index (χ0v) is 16.0. The largest absolute Gasteiger partial charge is 0.417 e. The smallest absolute Gasteiger partial charge is 0.345 e. The lowest BCUT2D eigenvalue weighted by Gasteiger charge is -2.17. The number of nitrogens with zero attached hydrogens (tertiary/aromatic N) is 6. The molecule has 4 heterocycles. The number of fused-ring (bicyclic) bond motifs is 1. The number of aromatic nitrogens is 5. The second kappa shape index (κ2) is 7.27. The lowest BCUT2D eigenvalue weighted by atomic mass is 10.1. The zero-order valence-electron chi connectivity index (χ0n) is 15.2. The summed E-state index contributed by atoms with van der Waals surface area (Å²) in [5.41, 5.74) is 0.593. The lowest BCUT2D eigenvalue weighted by molar-refractivity contribution is -0.137. The third kappa shape index (κ3) is 3.51. The molecule has 4 aromatic rings. The molecule has 0 amide bonds. The monoisotopic (exact) mass is 429 g/mol. The first-order valence-electron chi connectivity index (χ1n) is 8.45. The minimum absolute atomic E-state index is 0.111. The van der Waals surface area contributed by atoms with Gasteiger partial charge in [-0.1, -0.05) is 11.6 Å². The van der Waals surface area contributed by atoms with Gasteiger partial charge in [-0.05, 0) is 18.2 Å². The highest BCUT2D eigenvalue weighted by molar-refractivity contribution is 6.29. The number of aromatic amines is 1. The van der Waals surface area contributed by atoms with E-state index in [9.17, 15) is 18.4 Å². The van der Waals surface area contributed by atoms with Gasteiger partial charge in [-0.2, -0.15) is 18.4 Å². The predicted octanol–water partition coefficient (Wildman–Crippen LogP) is 4.73. The van der Waals surface area contributed by atoms with Gasteiger partial charge in [-0.25, -0.2) is 19.9 Å². The van der Waals surface area contributed by atoms with Crippen molar-refractivity contribution in [2.75, 3.05) is 11.9 Å². The van der Waals surface area contributed by atoms with E-state index in [0.717, 1.165) is 12.3 Å². The summed E-state index contributed by atoms with van der Waals surface area (Å²) in [6.45, 7) is 0. The zero-order chi connectivity index (χ0) is 21.5. The maximum atomic E-state index is 13.1. The Bertz CT molecular complexity index is 1280. The van der Waals surface area contributed by atoms with Crippen molar-refractivity contribution in [2.45, 2.75) is 6.18 Å². The van der Waals surface area contributed by atoms with Crippen molar-refractivity contribution in [1.29, 1.82) is 5.26 Å². The van der Waals surface area contributed by atoms with Crippen molar-refractivity contribution in [3.63, 3.8) is 0 Å². The molecule has 0 aliphatic heterocycles. The summed E-state index contributed by atoms with van der Waals surface area (Å²) in [5, 5.41) is 9.99. The average molecular weight is 430 g/mol. The lowest BCUT2D eigenvalue weighted by Crippen LogP contribution is -2.14. The molecule has 0 aliphatic rings. The highest BCUT2D eigenvalue weighted by Gasteiger charge is 2.31. The molecule has 7 nitrogen and oxygen atoms in total. The third-order valence-electron chi connectivity index (χ3n) is 4.41. The van der Waals surface area contributed by atoms with Gasteiger partial charge >= 0.3 is 6.18 Å². The molecule has 4 rings (SSSR count). The van der Waals surface area contributed by atoms with Crippen LogP contribution in [0.2, 0.25) is 5.15 Å². The van der Waals surface area contributed by atoms with Crippen LogP contribution >= 0.6 is 11.6 Å². The number of nitriles is 1. The molecular formula is C19H11ClF3N7. The fourth-order valence-corrected chi connectivity index (χ4v) is 2.97. The first-order chi connectivity index (χ1) is 14.3. The van der Waals surface area contributed by atoms with E-state index in [4.69, 9.17) is 11.6 Å². The summed E-state index contributed by atoms with van der Waals surface area (Å²) in [6, 6.07) is 6.26. The number of halogens is 4. The number of rotatable bonds is 3. The quantitative estimate of drug-likeness (QED) is 0.473. The van der Waals surface area contributed by atoms with E-state index in [-0.39, 0.29) is 28.2 Å². The molecule has 0 aromatic carbocycles. The first kappa shape index (κ1) is 19.6. The van der Waals surface area contributed by atoms with Gasteiger partial charge in [-0.3, -0.25) is 0 Å². The van der Waals surface area contributed by atoms with Gasteiger partial charge < -0.3 is 9.88 Å². The molecule has 0 unspecified atom stereocenters. The van der Waals surface area contributed by atoms with Gasteiger partial charge in [0, 0.05) is 30.4 Å². The standard InChI is InChI=1S/C19H11ClF3N7/c1-30(12-2-3-15(20)25-8-12)18-28-6-10(5-24)16(29-18)14-9-27-17-13(14)4-11(7-26-17)19(21,22)23/h2-4,6-9H,1H3,(H,26,27). The molecule has 30 heavy (non-hydrogen) atoms. The molecule has 0 aliphatic carbocycles. The molecule has 150 valence electrons. The van der Waals surface area contributed by atoms with Gasteiger partial charge in [0.15, 0.2) is 0 Å². The number of hydrogen-bond acceptors (Lipinski definition) is 6. The van der Waals surface area contributed by atoms with E-state index in [1.54, 1.807) is 24.1 Å². The van der Waals surface area contributed by atoms with Crippen LogP contribution in [0.1, 0.15) is 11.1 Å². The second-order valence-corrected chi connectivity index (χ2v) is 6.65. The number of pyridine rings is 2. The fraction of sp³-hybridized carbons (Fsp3) is 0.105. The SMILES string of the molecule is CN(c1ccc(Cl)nc1)c1ncc(C#N)c(-c2c[nH]c3ncc(C(F)(F)F)cc23)n1. The van der Waals surface area contributed by atoms with Crippen LogP contribution in [0.25, 0.3) is 22.3 Å². The van der Waals surface area contributed by atoms with Crippen LogP contribution in [0.3, 0.4) is 0 Å². The van der Waals surface area contributed by atoms with E-state index in [1.807, 2.05) is 6.07 Å². The Kier molecular flexibility index (Phi) is 4.75. The minimum atomic E-state index is -4.55. The predicted molar refractivity (Wildman–Crippen MR) is 104 cm³/mol. The van der Waals surface area contributed by atoms with Crippen molar-refractivity contribution in [3.05, 3.63) is 59.3 Å². The van der Waals surface area contributed by atoms with Crippen LogP contribution in [0.4, 0.5) is 24.8 Å². The number of H-pyrrole nitrogens is 1. The molecule has 0 atom stereocenters. The van der Waals surface area contributed by atoms with Crippen LogP contribution < -0.4 is 4.90 Å². The first-order valence-corrected chi connectivity index (χ1v) is 8.83. The van der Waals surface area contributed by atoms with Crippen LogP contribution in [0, 0.1) is 11.3 Å². The van der Waals surface area contributed by atoms with Crippen LogP contribution in [0.5, 0.6) is 0 Å². The maximum Gasteiger partial charge on any atom is 0.417 e. The highest BCUT2D eigenvalue weighted by Crippen LogP contribution is 2.35. The topological polar surface area (TPSA) is 94.4 Å². The molecule has 11 heteroatoms. The van der Waals surface area contributed by atoms with Gasteiger partial charge in [0.25, 0.3) is 0 Å². The van der Waals surface area contributed by atoms with E-state index in [1.165, 1.54) is 18.6 Å². The van der Waals surface area contributed by atoms with E-state index in [2.05, 4.69) is 24.9 Å². The third-order valence-corrected chi connectivity index (χ3v) is 4.63. The molecule has 0 bridgehead atoms. The van der Waals surface area contributed by atoms with Crippen LogP contribution in [-0.2, 0) is 6.18 Å². The summed E-state index contributed by atoms with van der Waals surface area (Å²) in [5.74, 6) is 0.224. The maximum absolute atomic E-state index is 13.1. The Morgan fingerprint density at radius 3 is 2.60 bits per heavy atom. The Morgan fingerprint density at radius 1 is 1.13 bits per heavy atom. The summed E-state index contributed by atoms with van der Waals surface area (Å²) >= 11 is 5.81. The molecule has 0 spiro atoms. The van der Waals surface area contributed by atoms with Crippen molar-refractivity contribution in [1.82, 2.24) is 24.9 Å². The van der Waals surface area contributed by atoms with E-state index < -0.39 is 11.7 Å². The summed E-state index contributed by atoms with van der Waals surface area (Å²) in [6.07, 6.45) is 0.508. The summed E-state index contributed by atoms with van der Waals surface area (Å²) < 4.78 is 39.4. The molecule has 0 saturated heterocycles. The average Bonchev–Trinajstić information content (AvgIpc) is 3.16. The van der Waals surface area contributed by atoms with Crippen LogP contribution in [-0.4, -0.2) is 32.0 Å². The molecular weight excluding hydrogens is 419 g/mol. The molecule has 1 N–H and O–H groups in total. The van der Waals surface area contributed by atoms with E-state index >= 15 is 0 Å². The number of nitrogens with one attached hydrogen (secondary N) is 1. The Hall–Kier alpha value is -3.71. The molecule has 4 aromatic heterocycles. The molecule has 0 radical (unpaired) electrons. The molecule has 0 saturated carbocycles. The summed E-state index contributed by atoms with van der Waals surface area (Å²) in [7, 11) is 1.69. The van der Waals surface area contributed by atoms with Crippen molar-refractivity contribution < 1.29 is 13.2 Å². The second-order valence-electron chi connectivity index (χ2n) is 6.26. The van der Waals surface area contributed by atoms with Crippen molar-refractivity contribution >= 4 is 34.3 Å². The van der Waals surface area contributed by atoms with Crippen molar-refractivity contribution in [3.8, 4) is 17.3 Å². The Labute approximate surface area is 172 Å². The van der Waals surface area contributed by atoms with Gasteiger partial charge in [-0.15, -0.1) is 0 Å². The minimum Gasteiger partial charge on any atom is -0.345 e. The summed E-state index contributed by atoms with van der Waals surface area (Å²) in [4.78, 5) is 20.9. The van der Waals surface area contributed by atoms with Gasteiger partial charge in [0.2, 0.25) is 5.95 Å². The normalized spacial score (nSPS) is 11.5. The Balaban J connectivity index is 1.85. The number of hydrogen-bond donors (Lipinski definition) is 1. The van der Waals surface area contributed by atoms with Gasteiger partial charge in [0.1, 0.15) is 16.9 Å². The van der Waals surface area contributed by atoms with Crippen LogP contribution in [0.15, 0.2) is 43.0 Å².